The number of hydrogen-bond donors (Lipinski definition) is 1. The molecule has 0 radical (unpaired) electrons. The van der Waals surface area contributed by atoms with Crippen LogP contribution in [0.2, 0.25) is 0 Å². The lowest BCUT2D eigenvalue weighted by molar-refractivity contribution is -0.202. The van der Waals surface area contributed by atoms with E-state index in [4.69, 9.17) is 9.47 Å². The molecule has 0 spiro atoms. The van der Waals surface area contributed by atoms with E-state index in [-0.39, 0.29) is 51.9 Å². The van der Waals surface area contributed by atoms with Gasteiger partial charge < -0.3 is 14.6 Å². The molecule has 6 heteroatoms. The highest BCUT2D eigenvalue weighted by Gasteiger charge is 2.76. The first kappa shape index (κ1) is 29.1. The number of fused-ring (bicyclic) bond motifs is 6. The second-order valence-electron chi connectivity index (χ2n) is 16.2. The summed E-state index contributed by atoms with van der Waals surface area (Å²) in [6.45, 7) is 16.9. The third-order valence-electron chi connectivity index (χ3n) is 14.2. The summed E-state index contributed by atoms with van der Waals surface area (Å²) >= 11 is 0. The van der Waals surface area contributed by atoms with Gasteiger partial charge in [-0.25, -0.2) is 0 Å². The van der Waals surface area contributed by atoms with E-state index in [1.807, 2.05) is 0 Å². The van der Waals surface area contributed by atoms with Crippen molar-refractivity contribution in [3.63, 3.8) is 0 Å². The summed E-state index contributed by atoms with van der Waals surface area (Å²) < 4.78 is 11.1. The summed E-state index contributed by atoms with van der Waals surface area (Å²) in [6.07, 6.45) is 7.57. The maximum Gasteiger partial charge on any atom is 0.311 e. The first-order valence-corrected chi connectivity index (χ1v) is 15.4. The van der Waals surface area contributed by atoms with E-state index in [2.05, 4.69) is 48.5 Å². The van der Waals surface area contributed by atoms with Crippen LogP contribution in [0.25, 0.3) is 0 Å². The van der Waals surface area contributed by atoms with Crippen molar-refractivity contribution in [1.82, 2.24) is 0 Å². The largest absolute Gasteiger partial charge is 0.469 e. The van der Waals surface area contributed by atoms with Crippen molar-refractivity contribution in [2.75, 3.05) is 7.11 Å². The molecular weight excluding hydrogens is 492 g/mol. The molecule has 3 unspecified atom stereocenters. The molecule has 5 rings (SSSR count). The van der Waals surface area contributed by atoms with Crippen molar-refractivity contribution in [2.24, 2.45) is 50.2 Å². The van der Waals surface area contributed by atoms with Crippen molar-refractivity contribution in [3.8, 4) is 0 Å². The highest BCUT2D eigenvalue weighted by molar-refractivity contribution is 5.89. The standard InChI is InChI=1S/C33H52O6/c1-20(34)39-24-11-12-30(6)22(27(24,2)3)10-13-33(37)21(25(30)35)18-31(7)23-19-29(5,26(36)38-9)15-14-28(23,4)16-17-32(31,33)8/h21-24,37H,10-19H2,1-9H3/t21?,22?,23?,24-,28+,29+,30-,31-,32-,33+/m0/s1. The number of carbonyl (C=O) groups excluding carboxylic acids is 3. The number of carbonyl (C=O) groups is 3. The first-order chi connectivity index (χ1) is 17.8. The van der Waals surface area contributed by atoms with E-state index in [0.717, 1.165) is 38.5 Å². The molecule has 5 saturated carbocycles. The minimum absolute atomic E-state index is 0.0336. The molecule has 220 valence electrons. The van der Waals surface area contributed by atoms with Crippen LogP contribution in [-0.2, 0) is 23.9 Å². The lowest BCUT2D eigenvalue weighted by atomic mass is 9.40. The Morgan fingerprint density at radius 3 is 2.10 bits per heavy atom. The van der Waals surface area contributed by atoms with Gasteiger partial charge in [-0.2, -0.15) is 0 Å². The van der Waals surface area contributed by atoms with Crippen LogP contribution in [-0.4, -0.2) is 41.6 Å². The number of ketones is 1. The number of methoxy groups -OCH3 is 1. The fourth-order valence-corrected chi connectivity index (χ4v) is 11.5. The lowest BCUT2D eigenvalue weighted by Crippen LogP contribution is -2.61. The zero-order chi connectivity index (χ0) is 29.0. The SMILES string of the molecule is COC(=O)[C@]1(C)CC[C@]2(C)CC[C@@]3(C)[C@@](C)(CC4C(=O)[C@@]5(C)CC[C@H](OC(C)=O)C(C)(C)C5CC[C@@]43O)C2C1. The second kappa shape index (κ2) is 8.55. The van der Waals surface area contributed by atoms with E-state index in [0.29, 0.717) is 25.7 Å². The van der Waals surface area contributed by atoms with Crippen molar-refractivity contribution in [3.05, 3.63) is 0 Å². The van der Waals surface area contributed by atoms with Gasteiger partial charge in [-0.05, 0) is 93.8 Å². The van der Waals surface area contributed by atoms with Crippen LogP contribution in [0.15, 0.2) is 0 Å². The van der Waals surface area contributed by atoms with Crippen molar-refractivity contribution < 1.29 is 29.0 Å². The Hall–Kier alpha value is -1.43. The van der Waals surface area contributed by atoms with Gasteiger partial charge >= 0.3 is 11.9 Å². The number of Topliss-reactive ketones (excluding diaryl/α,β-unsaturated/α-hetero) is 1. The number of ether oxygens (including phenoxy) is 2. The van der Waals surface area contributed by atoms with Crippen molar-refractivity contribution >= 4 is 17.7 Å². The summed E-state index contributed by atoms with van der Waals surface area (Å²) in [5, 5.41) is 12.9. The average Bonchev–Trinajstić information content (AvgIpc) is 2.98. The molecule has 0 aromatic rings. The monoisotopic (exact) mass is 544 g/mol. The van der Waals surface area contributed by atoms with Gasteiger partial charge in [0.25, 0.3) is 0 Å². The molecule has 0 aliphatic heterocycles. The van der Waals surface area contributed by atoms with E-state index < -0.39 is 27.8 Å². The van der Waals surface area contributed by atoms with Gasteiger partial charge in [0.2, 0.25) is 0 Å². The van der Waals surface area contributed by atoms with Crippen LogP contribution in [0.3, 0.4) is 0 Å². The Kier molecular flexibility index (Phi) is 6.37. The number of rotatable bonds is 2. The zero-order valence-electron chi connectivity index (χ0n) is 25.9. The van der Waals surface area contributed by atoms with Gasteiger partial charge in [-0.3, -0.25) is 14.4 Å². The van der Waals surface area contributed by atoms with Gasteiger partial charge in [0.05, 0.1) is 18.1 Å². The molecule has 1 N–H and O–H groups in total. The molecule has 0 aromatic carbocycles. The molecule has 5 aliphatic carbocycles. The quantitative estimate of drug-likeness (QED) is 0.412. The van der Waals surface area contributed by atoms with Gasteiger partial charge in [0.1, 0.15) is 11.9 Å². The van der Waals surface area contributed by atoms with Crippen LogP contribution in [0.5, 0.6) is 0 Å². The maximum absolute atomic E-state index is 14.8. The predicted molar refractivity (Wildman–Crippen MR) is 148 cm³/mol. The summed E-state index contributed by atoms with van der Waals surface area (Å²) in [4.78, 5) is 39.7. The molecule has 6 nitrogen and oxygen atoms in total. The van der Waals surface area contributed by atoms with Crippen LogP contribution < -0.4 is 0 Å². The fourth-order valence-electron chi connectivity index (χ4n) is 11.5. The summed E-state index contributed by atoms with van der Waals surface area (Å²) in [6, 6.07) is 0. The van der Waals surface area contributed by atoms with Gasteiger partial charge in [-0.1, -0.05) is 41.5 Å². The molecular formula is C33H52O6. The van der Waals surface area contributed by atoms with Crippen LogP contribution in [0, 0.1) is 50.2 Å². The molecule has 39 heavy (non-hydrogen) atoms. The summed E-state index contributed by atoms with van der Waals surface area (Å²) in [5.74, 6) is -0.350. The summed E-state index contributed by atoms with van der Waals surface area (Å²) in [7, 11) is 1.48. The highest BCUT2D eigenvalue weighted by atomic mass is 16.5. The average molecular weight is 545 g/mol. The van der Waals surface area contributed by atoms with Gasteiger partial charge in [0, 0.05) is 29.1 Å². The zero-order valence-corrected chi connectivity index (χ0v) is 25.9. The minimum atomic E-state index is -1.09. The van der Waals surface area contributed by atoms with Gasteiger partial charge in [0.15, 0.2) is 0 Å². The molecule has 0 heterocycles. The van der Waals surface area contributed by atoms with E-state index >= 15 is 0 Å². The van der Waals surface area contributed by atoms with E-state index in [1.165, 1.54) is 14.0 Å². The Morgan fingerprint density at radius 2 is 1.49 bits per heavy atom. The third-order valence-corrected chi connectivity index (χ3v) is 14.2. The Balaban J connectivity index is 1.55. The molecule has 0 saturated heterocycles. The van der Waals surface area contributed by atoms with Gasteiger partial charge in [-0.15, -0.1) is 0 Å². The topological polar surface area (TPSA) is 89.9 Å². The molecule has 10 atom stereocenters. The van der Waals surface area contributed by atoms with Crippen LogP contribution >= 0.6 is 0 Å². The maximum atomic E-state index is 14.8. The smallest absolute Gasteiger partial charge is 0.311 e. The first-order valence-electron chi connectivity index (χ1n) is 15.4. The Morgan fingerprint density at radius 1 is 0.846 bits per heavy atom. The molecule has 5 fully saturated rings. The van der Waals surface area contributed by atoms with E-state index in [1.54, 1.807) is 0 Å². The Bertz CT molecular complexity index is 1080. The molecule has 0 bridgehead atoms. The normalized spacial score (nSPS) is 52.4. The lowest BCUT2D eigenvalue weighted by Gasteiger charge is -2.64. The van der Waals surface area contributed by atoms with Crippen molar-refractivity contribution in [1.29, 1.82) is 0 Å². The number of aliphatic hydroxyl groups is 1. The molecule has 0 aromatic heterocycles. The Labute approximate surface area is 235 Å². The predicted octanol–water partition coefficient (Wildman–Crippen LogP) is 6.27. The van der Waals surface area contributed by atoms with Crippen LogP contribution in [0.4, 0.5) is 0 Å². The number of esters is 2. The van der Waals surface area contributed by atoms with Crippen molar-refractivity contribution in [2.45, 2.75) is 131 Å². The van der Waals surface area contributed by atoms with Crippen LogP contribution in [0.1, 0.15) is 120 Å². The third kappa shape index (κ3) is 3.57. The highest BCUT2D eigenvalue weighted by Crippen LogP contribution is 2.77. The fraction of sp³-hybridized carbons (Fsp3) is 0.909. The molecule has 5 aliphatic rings. The summed E-state index contributed by atoms with van der Waals surface area (Å²) in [5.41, 5.74) is -3.15. The van der Waals surface area contributed by atoms with E-state index in [9.17, 15) is 19.5 Å². The second-order valence-corrected chi connectivity index (χ2v) is 16.2. The molecule has 0 amide bonds. The number of hydrogen-bond acceptors (Lipinski definition) is 6. The minimum Gasteiger partial charge on any atom is -0.469 e.